The van der Waals surface area contributed by atoms with Crippen LogP contribution in [-0.4, -0.2) is 46.5 Å². The van der Waals surface area contributed by atoms with Crippen LogP contribution in [0.4, 0.5) is 0 Å². The summed E-state index contributed by atoms with van der Waals surface area (Å²) in [6, 6.07) is -0.0686. The van der Waals surface area contributed by atoms with Gasteiger partial charge in [-0.1, -0.05) is 13.3 Å². The maximum Gasteiger partial charge on any atom is 0.260 e. The molecule has 3 unspecified atom stereocenters. The number of aliphatic hydroxyl groups is 1. The zero-order valence-electron chi connectivity index (χ0n) is 12.3. The minimum Gasteiger partial charge on any atom is -0.393 e. The molecule has 1 saturated carbocycles. The first-order valence-corrected chi connectivity index (χ1v) is 9.22. The van der Waals surface area contributed by atoms with Gasteiger partial charge in [-0.25, -0.2) is 13.4 Å². The molecule has 3 rings (SSSR count). The Hall–Kier alpha value is -0.920. The lowest BCUT2D eigenvalue weighted by Gasteiger charge is -2.30. The molecule has 1 saturated heterocycles. The van der Waals surface area contributed by atoms with E-state index in [1.807, 2.05) is 6.92 Å². The Morgan fingerprint density at radius 3 is 2.81 bits per heavy atom. The Balaban J connectivity index is 1.86. The van der Waals surface area contributed by atoms with Crippen LogP contribution in [0.3, 0.4) is 0 Å². The van der Waals surface area contributed by atoms with E-state index in [0.717, 1.165) is 32.1 Å². The highest BCUT2D eigenvalue weighted by Gasteiger charge is 2.43. The highest BCUT2D eigenvalue weighted by atomic mass is 32.2. The Bertz CT molecular complexity index is 598. The van der Waals surface area contributed by atoms with Crippen LogP contribution in [0.25, 0.3) is 0 Å². The fourth-order valence-electron chi connectivity index (χ4n) is 3.69. The molecule has 2 N–H and O–H groups in total. The predicted molar refractivity (Wildman–Crippen MR) is 78.2 cm³/mol. The molecule has 0 amide bonds. The number of sulfonamides is 1. The van der Waals surface area contributed by atoms with Gasteiger partial charge < -0.3 is 10.1 Å². The lowest BCUT2D eigenvalue weighted by atomic mass is 9.95. The first-order valence-electron chi connectivity index (χ1n) is 7.78. The second-order valence-corrected chi connectivity index (χ2v) is 7.89. The maximum atomic E-state index is 12.8. The van der Waals surface area contributed by atoms with E-state index in [1.54, 1.807) is 4.31 Å². The summed E-state index contributed by atoms with van der Waals surface area (Å²) < 4.78 is 27.2. The average molecular weight is 313 g/mol. The van der Waals surface area contributed by atoms with Gasteiger partial charge in [0.05, 0.1) is 12.3 Å². The van der Waals surface area contributed by atoms with E-state index in [2.05, 4.69) is 9.97 Å². The summed E-state index contributed by atoms with van der Waals surface area (Å²) in [5.41, 5.74) is 0. The molecule has 6 nitrogen and oxygen atoms in total. The largest absolute Gasteiger partial charge is 0.393 e. The molecule has 3 atom stereocenters. The number of aromatic nitrogens is 2. The molecular formula is C14H23N3O3S. The quantitative estimate of drug-likeness (QED) is 0.877. The molecule has 118 valence electrons. The number of rotatable bonds is 4. The number of aromatic amines is 1. The van der Waals surface area contributed by atoms with Gasteiger partial charge in [0.1, 0.15) is 5.82 Å². The van der Waals surface area contributed by atoms with Crippen LogP contribution >= 0.6 is 0 Å². The third-order valence-electron chi connectivity index (χ3n) is 4.80. The fourth-order valence-corrected chi connectivity index (χ4v) is 5.36. The van der Waals surface area contributed by atoms with E-state index in [-0.39, 0.29) is 23.1 Å². The van der Waals surface area contributed by atoms with Gasteiger partial charge in [-0.2, -0.15) is 4.31 Å². The van der Waals surface area contributed by atoms with Crippen LogP contribution in [0.1, 0.15) is 44.9 Å². The first kappa shape index (κ1) is 15.0. The summed E-state index contributed by atoms with van der Waals surface area (Å²) in [4.78, 5) is 7.00. The second-order valence-electron chi connectivity index (χ2n) is 6.04. The van der Waals surface area contributed by atoms with Crippen molar-refractivity contribution in [1.29, 1.82) is 0 Å². The highest BCUT2D eigenvalue weighted by molar-refractivity contribution is 7.89. The molecule has 21 heavy (non-hydrogen) atoms. The Kier molecular flexibility index (Phi) is 4.07. The van der Waals surface area contributed by atoms with Crippen molar-refractivity contribution >= 4 is 10.0 Å². The Labute approximate surface area is 125 Å². The third-order valence-corrected chi connectivity index (χ3v) is 6.63. The summed E-state index contributed by atoms with van der Waals surface area (Å²) in [6.07, 6.45) is 6.13. The van der Waals surface area contributed by atoms with Crippen molar-refractivity contribution in [2.45, 2.75) is 62.6 Å². The summed E-state index contributed by atoms with van der Waals surface area (Å²) in [5, 5.41) is 10.3. The smallest absolute Gasteiger partial charge is 0.260 e. The Morgan fingerprint density at radius 2 is 2.19 bits per heavy atom. The molecule has 0 aromatic carbocycles. The van der Waals surface area contributed by atoms with Crippen LogP contribution in [0.2, 0.25) is 0 Å². The summed E-state index contributed by atoms with van der Waals surface area (Å²) in [7, 11) is -3.53. The number of imidazole rings is 1. The van der Waals surface area contributed by atoms with E-state index in [4.69, 9.17) is 0 Å². The number of nitrogens with zero attached hydrogens (tertiary/aromatic N) is 2. The standard InChI is InChI=1S/C14H23N3O3S/c1-2-13-15-9-14(16-13)21(19,20)17-8-4-6-11(17)10-5-3-7-12(10)18/h9-12,18H,2-8H2,1H3,(H,15,16). The van der Waals surface area contributed by atoms with Crippen LogP contribution < -0.4 is 0 Å². The number of aryl methyl sites for hydroxylation is 1. The molecule has 1 aliphatic carbocycles. The molecular weight excluding hydrogens is 290 g/mol. The van der Waals surface area contributed by atoms with Gasteiger partial charge in [0.2, 0.25) is 0 Å². The normalized spacial score (nSPS) is 31.0. The van der Waals surface area contributed by atoms with Gasteiger partial charge in [0.25, 0.3) is 10.0 Å². The topological polar surface area (TPSA) is 86.3 Å². The van der Waals surface area contributed by atoms with Crippen LogP contribution in [0.5, 0.6) is 0 Å². The molecule has 7 heteroatoms. The maximum absolute atomic E-state index is 12.8. The summed E-state index contributed by atoms with van der Waals surface area (Å²) in [6.45, 7) is 2.47. The zero-order chi connectivity index (χ0) is 15.0. The molecule has 2 fully saturated rings. The minimum atomic E-state index is -3.53. The monoisotopic (exact) mass is 313 g/mol. The van der Waals surface area contributed by atoms with Crippen molar-refractivity contribution in [3.05, 3.63) is 12.0 Å². The van der Waals surface area contributed by atoms with E-state index >= 15 is 0 Å². The fraction of sp³-hybridized carbons (Fsp3) is 0.786. The van der Waals surface area contributed by atoms with Crippen molar-refractivity contribution in [2.24, 2.45) is 5.92 Å². The van der Waals surface area contributed by atoms with Crippen LogP contribution in [-0.2, 0) is 16.4 Å². The summed E-state index contributed by atoms with van der Waals surface area (Å²) in [5.74, 6) is 0.765. The summed E-state index contributed by atoms with van der Waals surface area (Å²) >= 11 is 0. The van der Waals surface area contributed by atoms with Crippen molar-refractivity contribution in [3.63, 3.8) is 0 Å². The molecule has 0 bridgehead atoms. The van der Waals surface area contributed by atoms with Gasteiger partial charge in [-0.05, 0) is 25.7 Å². The molecule has 1 aromatic heterocycles. The van der Waals surface area contributed by atoms with E-state index in [1.165, 1.54) is 6.20 Å². The SMILES string of the molecule is CCc1ncc(S(=O)(=O)N2CCCC2C2CCCC2O)[nH]1. The third kappa shape index (κ3) is 2.62. The molecule has 0 radical (unpaired) electrons. The van der Waals surface area contributed by atoms with Gasteiger partial charge in [0, 0.05) is 24.9 Å². The molecule has 1 aliphatic heterocycles. The minimum absolute atomic E-state index is 0.0686. The van der Waals surface area contributed by atoms with Crippen LogP contribution in [0.15, 0.2) is 11.2 Å². The predicted octanol–water partition coefficient (Wildman–Crippen LogP) is 1.29. The number of hydrogen-bond donors (Lipinski definition) is 2. The van der Waals surface area contributed by atoms with E-state index in [9.17, 15) is 13.5 Å². The van der Waals surface area contributed by atoms with Gasteiger partial charge in [-0.3, -0.25) is 0 Å². The van der Waals surface area contributed by atoms with Crippen LogP contribution in [0, 0.1) is 5.92 Å². The van der Waals surface area contributed by atoms with Crippen molar-refractivity contribution in [1.82, 2.24) is 14.3 Å². The first-order chi connectivity index (χ1) is 10.0. The van der Waals surface area contributed by atoms with E-state index in [0.29, 0.717) is 18.8 Å². The lowest BCUT2D eigenvalue weighted by Crippen LogP contribution is -2.42. The number of hydrogen-bond acceptors (Lipinski definition) is 4. The Morgan fingerprint density at radius 1 is 1.38 bits per heavy atom. The van der Waals surface area contributed by atoms with Gasteiger partial charge in [-0.15, -0.1) is 0 Å². The molecule has 0 spiro atoms. The number of aliphatic hydroxyl groups excluding tert-OH is 1. The molecule has 2 heterocycles. The van der Waals surface area contributed by atoms with E-state index < -0.39 is 10.0 Å². The number of nitrogens with one attached hydrogen (secondary N) is 1. The molecule has 2 aliphatic rings. The zero-order valence-corrected chi connectivity index (χ0v) is 13.1. The van der Waals surface area contributed by atoms with Crippen molar-refractivity contribution in [3.8, 4) is 0 Å². The number of H-pyrrole nitrogens is 1. The highest BCUT2D eigenvalue weighted by Crippen LogP contribution is 2.38. The average Bonchev–Trinajstić information content (AvgIpc) is 3.18. The lowest BCUT2D eigenvalue weighted by molar-refractivity contribution is 0.0974. The van der Waals surface area contributed by atoms with Gasteiger partial charge in [0.15, 0.2) is 5.03 Å². The van der Waals surface area contributed by atoms with Crippen molar-refractivity contribution in [2.75, 3.05) is 6.54 Å². The van der Waals surface area contributed by atoms with Gasteiger partial charge >= 0.3 is 0 Å². The van der Waals surface area contributed by atoms with Crippen molar-refractivity contribution < 1.29 is 13.5 Å². The molecule has 1 aromatic rings. The second kappa shape index (κ2) is 5.70.